The minimum absolute atomic E-state index is 0.0592. The number of benzene rings is 3. The van der Waals surface area contributed by atoms with Crippen LogP contribution >= 0.6 is 0 Å². The maximum atomic E-state index is 13.5. The number of carbonyl (C=O) groups is 2. The molecule has 0 spiro atoms. The first kappa shape index (κ1) is 28.7. The predicted molar refractivity (Wildman–Crippen MR) is 150 cm³/mol. The van der Waals surface area contributed by atoms with Crippen molar-refractivity contribution in [2.24, 2.45) is 0 Å². The number of phenolic OH excluding ortho intramolecular Hbond substituents is 1. The standard InChI is InChI=1S/C32H34FNO6/c1-5-39-26-14-10-22(17-24(26)19(3)4)30(36)28-29(21-9-13-25(35)27(18-21)40-6-2)34(32(38)31(28)37)16-15-20-7-11-23(33)12-8-20/h7-14,17-19,29,35-36H,5-6,15-16H2,1-4H3/b30-28+. The molecule has 1 atom stereocenters. The van der Waals surface area contributed by atoms with Crippen molar-refractivity contribution >= 4 is 17.4 Å². The highest BCUT2D eigenvalue weighted by Crippen LogP contribution is 2.42. The van der Waals surface area contributed by atoms with Crippen LogP contribution in [0.3, 0.4) is 0 Å². The summed E-state index contributed by atoms with van der Waals surface area (Å²) in [6.45, 7) is 8.59. The Morgan fingerprint density at radius 1 is 0.950 bits per heavy atom. The predicted octanol–water partition coefficient (Wildman–Crippen LogP) is 6.12. The maximum absolute atomic E-state index is 13.5. The molecule has 2 N–H and O–H groups in total. The largest absolute Gasteiger partial charge is 0.507 e. The fourth-order valence-electron chi connectivity index (χ4n) is 4.92. The monoisotopic (exact) mass is 547 g/mol. The fraction of sp³-hybridized carbons (Fsp3) is 0.312. The Hall–Kier alpha value is -4.33. The van der Waals surface area contributed by atoms with Crippen molar-refractivity contribution in [3.8, 4) is 17.2 Å². The Balaban J connectivity index is 1.84. The third kappa shape index (κ3) is 5.81. The number of rotatable bonds is 10. The molecular formula is C32H34FNO6. The van der Waals surface area contributed by atoms with E-state index in [1.165, 1.54) is 23.1 Å². The van der Waals surface area contributed by atoms with Gasteiger partial charge in [-0.25, -0.2) is 4.39 Å². The number of aliphatic hydroxyl groups excluding tert-OH is 1. The van der Waals surface area contributed by atoms with Gasteiger partial charge in [0, 0.05) is 12.1 Å². The summed E-state index contributed by atoms with van der Waals surface area (Å²) in [5.74, 6) is -1.35. The Morgan fingerprint density at radius 3 is 2.27 bits per heavy atom. The Morgan fingerprint density at radius 2 is 1.62 bits per heavy atom. The highest BCUT2D eigenvalue weighted by molar-refractivity contribution is 6.46. The molecule has 4 rings (SSSR count). The van der Waals surface area contributed by atoms with Gasteiger partial charge in [0.2, 0.25) is 0 Å². The van der Waals surface area contributed by atoms with Crippen molar-refractivity contribution in [1.82, 2.24) is 4.90 Å². The van der Waals surface area contributed by atoms with E-state index < -0.39 is 17.7 Å². The summed E-state index contributed by atoms with van der Waals surface area (Å²) in [6.07, 6.45) is 0.362. The summed E-state index contributed by atoms with van der Waals surface area (Å²) < 4.78 is 24.7. The van der Waals surface area contributed by atoms with Crippen LogP contribution in [0.4, 0.5) is 4.39 Å². The molecule has 1 unspecified atom stereocenters. The molecule has 0 radical (unpaired) electrons. The molecule has 8 heteroatoms. The second-order valence-electron chi connectivity index (χ2n) is 9.87. The SMILES string of the molecule is CCOc1cc(C2/C(=C(\O)c3ccc(OCC)c(C(C)C)c3)C(=O)C(=O)N2CCc2ccc(F)cc2)ccc1O. The molecule has 3 aromatic carbocycles. The summed E-state index contributed by atoms with van der Waals surface area (Å²) in [5, 5.41) is 21.8. The molecule has 0 saturated carbocycles. The highest BCUT2D eigenvalue weighted by Gasteiger charge is 2.46. The molecule has 0 bridgehead atoms. The Bertz CT molecular complexity index is 1430. The van der Waals surface area contributed by atoms with E-state index in [-0.39, 0.29) is 41.1 Å². The topological polar surface area (TPSA) is 96.3 Å². The smallest absolute Gasteiger partial charge is 0.295 e. The summed E-state index contributed by atoms with van der Waals surface area (Å²) >= 11 is 0. The molecule has 40 heavy (non-hydrogen) atoms. The molecule has 1 saturated heterocycles. The lowest BCUT2D eigenvalue weighted by molar-refractivity contribution is -0.139. The molecule has 1 heterocycles. The molecule has 1 aliphatic rings. The lowest BCUT2D eigenvalue weighted by Crippen LogP contribution is -2.31. The number of ether oxygens (including phenoxy) is 2. The Kier molecular flexibility index (Phi) is 8.77. The van der Waals surface area contributed by atoms with Crippen molar-refractivity contribution < 1.29 is 33.7 Å². The van der Waals surface area contributed by atoms with Gasteiger partial charge in [-0.05, 0) is 85.3 Å². The van der Waals surface area contributed by atoms with Crippen LogP contribution in [0.2, 0.25) is 0 Å². The second kappa shape index (κ2) is 12.2. The van der Waals surface area contributed by atoms with Crippen LogP contribution in [-0.2, 0) is 16.0 Å². The van der Waals surface area contributed by atoms with E-state index in [0.717, 1.165) is 11.1 Å². The molecule has 0 aromatic heterocycles. The molecule has 1 amide bonds. The molecule has 1 fully saturated rings. The van der Waals surface area contributed by atoms with E-state index in [0.29, 0.717) is 36.5 Å². The van der Waals surface area contributed by atoms with Gasteiger partial charge in [0.15, 0.2) is 11.5 Å². The van der Waals surface area contributed by atoms with Gasteiger partial charge in [0.1, 0.15) is 17.3 Å². The lowest BCUT2D eigenvalue weighted by Gasteiger charge is -2.26. The van der Waals surface area contributed by atoms with Crippen LogP contribution in [0.5, 0.6) is 17.2 Å². The van der Waals surface area contributed by atoms with Gasteiger partial charge in [-0.15, -0.1) is 0 Å². The molecular weight excluding hydrogens is 513 g/mol. The van der Waals surface area contributed by atoms with Crippen LogP contribution in [-0.4, -0.2) is 46.6 Å². The van der Waals surface area contributed by atoms with Crippen molar-refractivity contribution in [2.45, 2.75) is 46.1 Å². The number of aromatic hydroxyl groups is 1. The van der Waals surface area contributed by atoms with E-state index in [1.54, 1.807) is 49.4 Å². The number of phenols is 1. The molecule has 1 aliphatic heterocycles. The van der Waals surface area contributed by atoms with Crippen LogP contribution in [0.15, 0.2) is 66.2 Å². The number of carbonyl (C=O) groups excluding carboxylic acids is 2. The quantitative estimate of drug-likeness (QED) is 0.180. The van der Waals surface area contributed by atoms with E-state index in [2.05, 4.69) is 0 Å². The first-order valence-corrected chi connectivity index (χ1v) is 13.4. The van der Waals surface area contributed by atoms with Crippen LogP contribution in [0.1, 0.15) is 61.9 Å². The number of likely N-dealkylation sites (tertiary alicyclic amines) is 1. The minimum Gasteiger partial charge on any atom is -0.507 e. The first-order chi connectivity index (χ1) is 19.2. The number of amides is 1. The van der Waals surface area contributed by atoms with Crippen LogP contribution < -0.4 is 9.47 Å². The van der Waals surface area contributed by atoms with Crippen molar-refractivity contribution in [2.75, 3.05) is 19.8 Å². The summed E-state index contributed by atoms with van der Waals surface area (Å²) in [6, 6.07) is 14.8. The van der Waals surface area contributed by atoms with Crippen molar-refractivity contribution in [1.29, 1.82) is 0 Å². The second-order valence-corrected chi connectivity index (χ2v) is 9.87. The zero-order valence-electron chi connectivity index (χ0n) is 23.1. The van der Waals surface area contributed by atoms with Gasteiger partial charge in [-0.3, -0.25) is 9.59 Å². The number of hydrogen-bond acceptors (Lipinski definition) is 6. The van der Waals surface area contributed by atoms with Crippen LogP contribution in [0.25, 0.3) is 5.76 Å². The van der Waals surface area contributed by atoms with Gasteiger partial charge in [0.25, 0.3) is 11.7 Å². The molecule has 210 valence electrons. The molecule has 3 aromatic rings. The van der Waals surface area contributed by atoms with Crippen molar-refractivity contribution in [3.05, 3.63) is 94.3 Å². The summed E-state index contributed by atoms with van der Waals surface area (Å²) in [4.78, 5) is 28.2. The zero-order valence-corrected chi connectivity index (χ0v) is 23.1. The average Bonchev–Trinajstić information content (AvgIpc) is 3.19. The number of nitrogens with zero attached hydrogens (tertiary/aromatic N) is 1. The molecule has 7 nitrogen and oxygen atoms in total. The van der Waals surface area contributed by atoms with E-state index >= 15 is 0 Å². The van der Waals surface area contributed by atoms with E-state index in [1.807, 2.05) is 20.8 Å². The number of hydrogen-bond donors (Lipinski definition) is 2. The molecule has 0 aliphatic carbocycles. The van der Waals surface area contributed by atoms with E-state index in [9.17, 15) is 24.2 Å². The summed E-state index contributed by atoms with van der Waals surface area (Å²) in [7, 11) is 0. The third-order valence-corrected chi connectivity index (χ3v) is 6.90. The number of Topliss-reactive ketones (excluding diaryl/α,β-unsaturated/α-hetero) is 1. The van der Waals surface area contributed by atoms with Gasteiger partial charge in [-0.2, -0.15) is 0 Å². The van der Waals surface area contributed by atoms with Gasteiger partial charge < -0.3 is 24.6 Å². The van der Waals surface area contributed by atoms with E-state index in [4.69, 9.17) is 9.47 Å². The first-order valence-electron chi connectivity index (χ1n) is 13.4. The summed E-state index contributed by atoms with van der Waals surface area (Å²) in [5.41, 5.74) is 2.47. The normalized spacial score (nSPS) is 16.6. The average molecular weight is 548 g/mol. The van der Waals surface area contributed by atoms with Gasteiger partial charge in [0.05, 0.1) is 24.8 Å². The maximum Gasteiger partial charge on any atom is 0.295 e. The van der Waals surface area contributed by atoms with Gasteiger partial charge in [-0.1, -0.05) is 32.0 Å². The number of ketones is 1. The number of aliphatic hydroxyl groups is 1. The Labute approximate surface area is 233 Å². The van der Waals surface area contributed by atoms with Crippen molar-refractivity contribution in [3.63, 3.8) is 0 Å². The lowest BCUT2D eigenvalue weighted by atomic mass is 9.93. The highest BCUT2D eigenvalue weighted by atomic mass is 19.1. The third-order valence-electron chi connectivity index (χ3n) is 6.90. The zero-order chi connectivity index (χ0) is 29.0. The number of halogens is 1. The minimum atomic E-state index is -0.936. The van der Waals surface area contributed by atoms with Gasteiger partial charge >= 0.3 is 0 Å². The van der Waals surface area contributed by atoms with Crippen LogP contribution in [0, 0.1) is 5.82 Å². The fourth-order valence-corrected chi connectivity index (χ4v) is 4.92.